The van der Waals surface area contributed by atoms with Crippen molar-refractivity contribution in [2.75, 3.05) is 13.1 Å². The molecule has 75 heavy (non-hydrogen) atoms. The quantitative estimate of drug-likeness (QED) is 0.0899. The number of amides is 2. The van der Waals surface area contributed by atoms with Gasteiger partial charge < -0.3 is 24.9 Å². The van der Waals surface area contributed by atoms with Gasteiger partial charge >= 0.3 is 5.97 Å². The zero-order chi connectivity index (χ0) is 51.9. The first-order valence-corrected chi connectivity index (χ1v) is 25.1. The number of carbonyl (C=O) groups is 5. The van der Waals surface area contributed by atoms with E-state index in [0.29, 0.717) is 30.6 Å². The number of likely N-dealkylation sites (tertiary alicyclic amines) is 1. The smallest absolute Gasteiger partial charge is 0.329 e. The third-order valence-electron chi connectivity index (χ3n) is 14.1. The highest BCUT2D eigenvalue weighted by molar-refractivity contribution is 6.17. The Labute approximate surface area is 433 Å². The molecule has 0 radical (unpaired) electrons. The maximum atomic E-state index is 14.3. The Morgan fingerprint density at radius 2 is 1.00 bits per heavy atom. The second-order valence-electron chi connectivity index (χ2n) is 19.4. The van der Waals surface area contributed by atoms with Crippen molar-refractivity contribution in [3.05, 3.63) is 190 Å². The maximum absolute atomic E-state index is 14.3. The third kappa shape index (κ3) is 9.61. The first kappa shape index (κ1) is 48.0. The summed E-state index contributed by atoms with van der Waals surface area (Å²) >= 11 is 0. The van der Waals surface area contributed by atoms with Gasteiger partial charge in [0.25, 0.3) is 11.8 Å². The van der Waals surface area contributed by atoms with Crippen molar-refractivity contribution in [2.24, 2.45) is 0 Å². The second kappa shape index (κ2) is 20.0. The number of aromatic amines is 2. The Morgan fingerprint density at radius 3 is 1.43 bits per heavy atom. The molecule has 2 atom stereocenters. The number of fused-ring (bicyclic) bond motifs is 8. The van der Waals surface area contributed by atoms with Gasteiger partial charge in [-0.3, -0.25) is 19.2 Å². The fraction of sp³-hybridized carbons (Fsp3) is 0.159. The largest absolute Gasteiger partial charge is 0.451 e. The molecule has 11 rings (SSSR count). The van der Waals surface area contributed by atoms with E-state index in [2.05, 4.69) is 151 Å². The minimum atomic E-state index is -1.21. The molecule has 2 amide bonds. The molecule has 3 aliphatic heterocycles. The fourth-order valence-electron chi connectivity index (χ4n) is 10.1. The summed E-state index contributed by atoms with van der Waals surface area (Å²) in [6.07, 6.45) is 11.5. The molecule has 6 heterocycles. The molecular weight excluding hydrogens is 937 g/mol. The van der Waals surface area contributed by atoms with Gasteiger partial charge in [-0.1, -0.05) is 102 Å². The van der Waals surface area contributed by atoms with E-state index in [4.69, 9.17) is 14.7 Å². The second-order valence-corrected chi connectivity index (χ2v) is 19.4. The van der Waals surface area contributed by atoms with Crippen LogP contribution in [0.15, 0.2) is 145 Å². The van der Waals surface area contributed by atoms with Gasteiger partial charge in [-0.2, -0.15) is 0 Å². The van der Waals surface area contributed by atoms with Crippen LogP contribution < -0.4 is 5.32 Å². The Morgan fingerprint density at radius 1 is 0.587 bits per heavy atom. The standard InChI is InChI=1S/C63H52N6O6/c1-36-7-13-40(14-8-36)57-47-24-26-49(65-47)58(41-15-9-37(2)10-16-41)51-28-30-53(67-51)60(54-31-29-52(68-54)59(50-27-25-48(57)66-50)42-17-11-38(3)12-18-42)43-19-21-44(22-20-43)62(73)69-33-5-6-55(69)63(74)75-39(4)61(72)64-35-45-34-46(70)23-32-56(45)71/h7-32,34,39,55,65,68H,5-6,33,35H2,1-4H3,(H,64,72)/t39-,55-/m0/s1. The van der Waals surface area contributed by atoms with Crippen LogP contribution in [0.3, 0.4) is 0 Å². The zero-order valence-corrected chi connectivity index (χ0v) is 41.9. The normalized spacial score (nSPS) is 15.3. The summed E-state index contributed by atoms with van der Waals surface area (Å²) in [5.41, 5.74) is 18.0. The highest BCUT2D eigenvalue weighted by Crippen LogP contribution is 2.39. The molecule has 1 fully saturated rings. The molecule has 4 aliphatic rings. The molecule has 370 valence electrons. The molecule has 3 aromatic heterocycles. The van der Waals surface area contributed by atoms with Crippen molar-refractivity contribution in [2.45, 2.75) is 52.7 Å². The lowest BCUT2D eigenvalue weighted by Crippen LogP contribution is -2.44. The van der Waals surface area contributed by atoms with E-state index in [1.165, 1.54) is 23.5 Å². The summed E-state index contributed by atoms with van der Waals surface area (Å²) in [5, 5.41) is 2.57. The minimum absolute atomic E-state index is 0.130. The van der Waals surface area contributed by atoms with Gasteiger partial charge in [-0.15, -0.1) is 0 Å². The third-order valence-corrected chi connectivity index (χ3v) is 14.1. The monoisotopic (exact) mass is 988 g/mol. The van der Waals surface area contributed by atoms with E-state index in [0.717, 1.165) is 107 Å². The molecule has 0 unspecified atom stereocenters. The minimum Gasteiger partial charge on any atom is -0.451 e. The lowest BCUT2D eigenvalue weighted by Gasteiger charge is -2.25. The van der Waals surface area contributed by atoms with E-state index in [-0.39, 0.29) is 29.6 Å². The number of benzene rings is 4. The number of nitrogens with zero attached hydrogens (tertiary/aromatic N) is 3. The number of hydrogen-bond acceptors (Lipinski definition) is 8. The average molecular weight is 989 g/mol. The van der Waals surface area contributed by atoms with Crippen LogP contribution in [0.1, 0.15) is 69.6 Å². The van der Waals surface area contributed by atoms with E-state index in [1.807, 2.05) is 18.2 Å². The number of nitrogens with one attached hydrogen (secondary N) is 3. The highest BCUT2D eigenvalue weighted by atomic mass is 16.5. The van der Waals surface area contributed by atoms with Crippen LogP contribution in [0.2, 0.25) is 0 Å². The van der Waals surface area contributed by atoms with E-state index < -0.39 is 24.0 Å². The Kier molecular flexibility index (Phi) is 12.8. The fourth-order valence-corrected chi connectivity index (χ4v) is 10.1. The molecule has 0 spiro atoms. The van der Waals surface area contributed by atoms with Crippen LogP contribution in [0.4, 0.5) is 0 Å². The number of hydrogen-bond donors (Lipinski definition) is 3. The number of aromatic nitrogens is 4. The number of ketones is 2. The molecule has 0 saturated carbocycles. The number of rotatable bonds is 10. The summed E-state index contributed by atoms with van der Waals surface area (Å²) in [7, 11) is 0. The van der Waals surface area contributed by atoms with Gasteiger partial charge in [0.1, 0.15) is 6.04 Å². The first-order chi connectivity index (χ1) is 36.3. The van der Waals surface area contributed by atoms with Gasteiger partial charge in [0.15, 0.2) is 17.7 Å². The molecule has 12 heteroatoms. The summed E-state index contributed by atoms with van der Waals surface area (Å²) in [4.78, 5) is 84.7. The number of esters is 1. The molecule has 12 nitrogen and oxygen atoms in total. The summed E-state index contributed by atoms with van der Waals surface area (Å²) in [5.74, 6) is -2.42. The van der Waals surface area contributed by atoms with Gasteiger partial charge in [0.2, 0.25) is 0 Å². The van der Waals surface area contributed by atoms with Crippen LogP contribution >= 0.6 is 0 Å². The molecule has 4 aromatic carbocycles. The number of allylic oxidation sites excluding steroid dienone is 3. The van der Waals surface area contributed by atoms with E-state index in [9.17, 15) is 24.0 Å². The van der Waals surface area contributed by atoms with E-state index in [1.54, 1.807) is 12.1 Å². The molecule has 3 N–H and O–H groups in total. The van der Waals surface area contributed by atoms with E-state index >= 15 is 0 Å². The number of carbonyl (C=O) groups excluding carboxylic acids is 5. The Balaban J connectivity index is 1.00. The van der Waals surface area contributed by atoms with Crippen LogP contribution in [-0.2, 0) is 23.9 Å². The van der Waals surface area contributed by atoms with Crippen molar-refractivity contribution in [3.8, 4) is 44.5 Å². The lowest BCUT2D eigenvalue weighted by molar-refractivity contribution is -0.158. The maximum Gasteiger partial charge on any atom is 0.329 e. The van der Waals surface area contributed by atoms with Crippen molar-refractivity contribution in [1.82, 2.24) is 30.2 Å². The highest BCUT2D eigenvalue weighted by Gasteiger charge is 2.37. The van der Waals surface area contributed by atoms with Gasteiger partial charge in [-0.25, -0.2) is 14.8 Å². The molecule has 7 aromatic rings. The van der Waals surface area contributed by atoms with Crippen molar-refractivity contribution in [3.63, 3.8) is 0 Å². The van der Waals surface area contributed by atoms with Gasteiger partial charge in [0, 0.05) is 68.5 Å². The number of H-pyrrole nitrogens is 2. The number of ether oxygens (including phenoxy) is 1. The van der Waals surface area contributed by atoms with Crippen LogP contribution in [0.5, 0.6) is 0 Å². The average Bonchev–Trinajstić information content (AvgIpc) is 4.29. The van der Waals surface area contributed by atoms with Crippen LogP contribution in [-0.4, -0.2) is 79.4 Å². The van der Waals surface area contributed by atoms with Crippen LogP contribution in [0.25, 0.3) is 90.9 Å². The predicted octanol–water partition coefficient (Wildman–Crippen LogP) is 11.5. The van der Waals surface area contributed by atoms with Gasteiger partial charge in [-0.05, 0) is 142 Å². The molecular formula is C63H52N6O6. The van der Waals surface area contributed by atoms with Gasteiger partial charge in [0.05, 0.1) is 22.8 Å². The first-order valence-electron chi connectivity index (χ1n) is 25.1. The Hall–Kier alpha value is -9.29. The zero-order valence-electron chi connectivity index (χ0n) is 41.9. The molecule has 1 saturated heterocycles. The topological polar surface area (TPSA) is 167 Å². The SMILES string of the molecule is Cc1ccc(-c2c3nc(c(-c4ccc(C)cc4)c4ccc([nH]4)c(-c4ccc(C(=O)N5CCC[C@H]5C(=O)O[C@@H](C)C(=O)NCC5=CC(=O)C=CC5=O)cc4)c4nc(c(-c5ccc(C)cc5)c5ccc2[nH]5)C=C4)C=C3)cc1. The summed E-state index contributed by atoms with van der Waals surface area (Å²) in [6.45, 7) is 7.80. The van der Waals surface area contributed by atoms with Crippen LogP contribution in [0, 0.1) is 20.8 Å². The van der Waals surface area contributed by atoms with Crippen molar-refractivity contribution >= 4 is 75.7 Å². The predicted molar refractivity (Wildman–Crippen MR) is 295 cm³/mol. The molecule has 8 bridgehead atoms. The lowest BCUT2D eigenvalue weighted by atomic mass is 10.0. The Bertz CT molecular complexity index is 3760. The summed E-state index contributed by atoms with van der Waals surface area (Å²) in [6, 6.07) is 40.3. The molecule has 1 aliphatic carbocycles. The number of aryl methyl sites for hydroxylation is 3. The summed E-state index contributed by atoms with van der Waals surface area (Å²) < 4.78 is 5.58. The van der Waals surface area contributed by atoms with Crippen molar-refractivity contribution in [1.29, 1.82) is 0 Å². The van der Waals surface area contributed by atoms with Crippen molar-refractivity contribution < 1.29 is 28.7 Å².